The Kier molecular flexibility index (Phi) is 11.4. The molecule has 4 nitrogen and oxygen atoms in total. The van der Waals surface area contributed by atoms with E-state index in [0.29, 0.717) is 0 Å². The highest BCUT2D eigenvalue weighted by Crippen LogP contribution is 1.84. The van der Waals surface area contributed by atoms with Gasteiger partial charge in [0.2, 0.25) is 0 Å². The van der Waals surface area contributed by atoms with Crippen LogP contribution in [0.25, 0.3) is 0 Å². The van der Waals surface area contributed by atoms with Crippen LogP contribution in [0, 0.1) is 0 Å². The van der Waals surface area contributed by atoms with Crippen LogP contribution in [-0.2, 0) is 6.42 Å². The van der Waals surface area contributed by atoms with Crippen LogP contribution in [-0.4, -0.2) is 28.3 Å². The van der Waals surface area contributed by atoms with E-state index in [9.17, 15) is 0 Å². The SMILES string of the molecule is CCCNCCc1ncn[nH]1.Cl.Cl. The molecular formula is C7H16Cl2N4. The average Bonchev–Trinajstić information content (AvgIpc) is 2.50. The smallest absolute Gasteiger partial charge is 0.137 e. The second-order valence-electron chi connectivity index (χ2n) is 2.43. The predicted molar refractivity (Wildman–Crippen MR) is 57.7 cm³/mol. The lowest BCUT2D eigenvalue weighted by Gasteiger charge is -1.98. The molecule has 0 aliphatic carbocycles. The average molecular weight is 227 g/mol. The summed E-state index contributed by atoms with van der Waals surface area (Å²) in [6.07, 6.45) is 3.64. The molecule has 0 aliphatic rings. The first-order valence-corrected chi connectivity index (χ1v) is 3.98. The highest BCUT2D eigenvalue weighted by molar-refractivity contribution is 5.85. The molecule has 0 radical (unpaired) electrons. The number of hydrogen-bond acceptors (Lipinski definition) is 3. The van der Waals surface area contributed by atoms with Gasteiger partial charge in [-0.1, -0.05) is 6.92 Å². The molecule has 1 rings (SSSR count). The summed E-state index contributed by atoms with van der Waals surface area (Å²) < 4.78 is 0. The van der Waals surface area contributed by atoms with Gasteiger partial charge in [-0.05, 0) is 13.0 Å². The Morgan fingerprint density at radius 1 is 1.38 bits per heavy atom. The van der Waals surface area contributed by atoms with Crippen molar-refractivity contribution in [3.05, 3.63) is 12.2 Å². The van der Waals surface area contributed by atoms with Crippen molar-refractivity contribution in [2.24, 2.45) is 0 Å². The van der Waals surface area contributed by atoms with Crippen LogP contribution in [0.4, 0.5) is 0 Å². The van der Waals surface area contributed by atoms with Gasteiger partial charge in [0.1, 0.15) is 12.2 Å². The molecule has 2 N–H and O–H groups in total. The Balaban J connectivity index is 0. The number of aromatic nitrogens is 3. The summed E-state index contributed by atoms with van der Waals surface area (Å²) >= 11 is 0. The Bertz CT molecular complexity index is 179. The normalized spacial score (nSPS) is 8.69. The standard InChI is InChI=1S/C7H14N4.2ClH/c1-2-4-8-5-3-7-9-6-10-11-7;;/h6,8H,2-5H2,1H3,(H,9,10,11);2*1H. The monoisotopic (exact) mass is 226 g/mol. The zero-order chi connectivity index (χ0) is 7.94. The van der Waals surface area contributed by atoms with Crippen LogP contribution < -0.4 is 5.32 Å². The summed E-state index contributed by atoms with van der Waals surface area (Å²) in [5.74, 6) is 0.952. The molecular weight excluding hydrogens is 211 g/mol. The van der Waals surface area contributed by atoms with Crippen molar-refractivity contribution < 1.29 is 0 Å². The van der Waals surface area contributed by atoms with Crippen LogP contribution in [0.5, 0.6) is 0 Å². The molecule has 1 aromatic heterocycles. The Labute approximate surface area is 90.7 Å². The number of H-pyrrole nitrogens is 1. The molecule has 13 heavy (non-hydrogen) atoms. The lowest BCUT2D eigenvalue weighted by Crippen LogP contribution is -2.18. The van der Waals surface area contributed by atoms with Crippen molar-refractivity contribution in [2.45, 2.75) is 19.8 Å². The van der Waals surface area contributed by atoms with Gasteiger partial charge in [0, 0.05) is 13.0 Å². The number of rotatable bonds is 5. The van der Waals surface area contributed by atoms with Crippen LogP contribution in [0.15, 0.2) is 6.33 Å². The van der Waals surface area contributed by atoms with E-state index in [4.69, 9.17) is 0 Å². The van der Waals surface area contributed by atoms with E-state index in [1.165, 1.54) is 12.7 Å². The second-order valence-corrected chi connectivity index (χ2v) is 2.43. The quantitative estimate of drug-likeness (QED) is 0.743. The van der Waals surface area contributed by atoms with Crippen LogP contribution in [0.1, 0.15) is 19.2 Å². The molecule has 0 aliphatic heterocycles. The summed E-state index contributed by atoms with van der Waals surface area (Å²) in [4.78, 5) is 4.01. The van der Waals surface area contributed by atoms with Crippen LogP contribution >= 0.6 is 24.8 Å². The first kappa shape index (κ1) is 15.2. The van der Waals surface area contributed by atoms with Gasteiger partial charge in [0.25, 0.3) is 0 Å². The fraction of sp³-hybridized carbons (Fsp3) is 0.714. The van der Waals surface area contributed by atoms with Gasteiger partial charge in [-0.3, -0.25) is 5.10 Å². The van der Waals surface area contributed by atoms with E-state index in [-0.39, 0.29) is 24.8 Å². The number of nitrogens with one attached hydrogen (secondary N) is 2. The molecule has 0 unspecified atom stereocenters. The molecule has 0 fully saturated rings. The molecule has 0 aromatic carbocycles. The van der Waals surface area contributed by atoms with Crippen LogP contribution in [0.2, 0.25) is 0 Å². The topological polar surface area (TPSA) is 53.6 Å². The van der Waals surface area contributed by atoms with Crippen molar-refractivity contribution in [1.82, 2.24) is 20.5 Å². The molecule has 6 heteroatoms. The third kappa shape index (κ3) is 6.81. The van der Waals surface area contributed by atoms with E-state index in [2.05, 4.69) is 27.4 Å². The maximum Gasteiger partial charge on any atom is 0.137 e. The lowest BCUT2D eigenvalue weighted by molar-refractivity contribution is 0.659. The largest absolute Gasteiger partial charge is 0.316 e. The van der Waals surface area contributed by atoms with Crippen molar-refractivity contribution in [3.8, 4) is 0 Å². The van der Waals surface area contributed by atoms with Gasteiger partial charge >= 0.3 is 0 Å². The fourth-order valence-corrected chi connectivity index (χ4v) is 0.860. The highest BCUT2D eigenvalue weighted by atomic mass is 35.5. The van der Waals surface area contributed by atoms with Crippen molar-refractivity contribution in [3.63, 3.8) is 0 Å². The minimum absolute atomic E-state index is 0. The number of nitrogens with zero attached hydrogens (tertiary/aromatic N) is 2. The molecule has 0 bridgehead atoms. The summed E-state index contributed by atoms with van der Waals surface area (Å²) in [6, 6.07) is 0. The van der Waals surface area contributed by atoms with Crippen LogP contribution in [0.3, 0.4) is 0 Å². The Morgan fingerprint density at radius 2 is 2.15 bits per heavy atom. The second kappa shape index (κ2) is 9.77. The van der Waals surface area contributed by atoms with Gasteiger partial charge in [0.15, 0.2) is 0 Å². The van der Waals surface area contributed by atoms with Crippen molar-refractivity contribution in [1.29, 1.82) is 0 Å². The Hall–Kier alpha value is -0.320. The number of halogens is 2. The summed E-state index contributed by atoms with van der Waals surface area (Å²) in [7, 11) is 0. The zero-order valence-corrected chi connectivity index (χ0v) is 9.25. The maximum atomic E-state index is 4.01. The first-order valence-electron chi connectivity index (χ1n) is 3.98. The third-order valence-electron chi connectivity index (χ3n) is 1.43. The van der Waals surface area contributed by atoms with Crippen molar-refractivity contribution in [2.75, 3.05) is 13.1 Å². The first-order chi connectivity index (χ1) is 5.43. The summed E-state index contributed by atoms with van der Waals surface area (Å²) in [5.41, 5.74) is 0. The van der Waals surface area contributed by atoms with Gasteiger partial charge in [-0.2, -0.15) is 5.10 Å². The predicted octanol–water partition coefficient (Wildman–Crippen LogP) is 1.19. The van der Waals surface area contributed by atoms with E-state index in [1.807, 2.05) is 0 Å². The highest BCUT2D eigenvalue weighted by Gasteiger charge is 1.92. The molecule has 0 atom stereocenters. The molecule has 0 saturated carbocycles. The third-order valence-corrected chi connectivity index (χ3v) is 1.43. The van der Waals surface area contributed by atoms with E-state index in [0.717, 1.165) is 25.3 Å². The minimum Gasteiger partial charge on any atom is -0.316 e. The molecule has 1 aromatic rings. The van der Waals surface area contributed by atoms with Gasteiger partial charge in [-0.15, -0.1) is 24.8 Å². The molecule has 0 amide bonds. The van der Waals surface area contributed by atoms with E-state index >= 15 is 0 Å². The molecule has 1 heterocycles. The fourth-order valence-electron chi connectivity index (χ4n) is 0.860. The van der Waals surface area contributed by atoms with Gasteiger partial charge in [-0.25, -0.2) is 4.98 Å². The number of aromatic amines is 1. The van der Waals surface area contributed by atoms with Gasteiger partial charge in [0.05, 0.1) is 0 Å². The minimum atomic E-state index is 0. The molecule has 0 saturated heterocycles. The Morgan fingerprint density at radius 3 is 2.69 bits per heavy atom. The van der Waals surface area contributed by atoms with E-state index < -0.39 is 0 Å². The summed E-state index contributed by atoms with van der Waals surface area (Å²) in [6.45, 7) is 4.21. The van der Waals surface area contributed by atoms with Crippen molar-refractivity contribution >= 4 is 24.8 Å². The van der Waals surface area contributed by atoms with Gasteiger partial charge < -0.3 is 5.32 Å². The number of hydrogen-bond donors (Lipinski definition) is 2. The maximum absolute atomic E-state index is 4.01. The lowest BCUT2D eigenvalue weighted by atomic mass is 10.4. The van der Waals surface area contributed by atoms with E-state index in [1.54, 1.807) is 0 Å². The zero-order valence-electron chi connectivity index (χ0n) is 7.62. The molecule has 78 valence electrons. The molecule has 0 spiro atoms. The summed E-state index contributed by atoms with van der Waals surface area (Å²) in [5, 5.41) is 9.86.